The van der Waals surface area contributed by atoms with Crippen molar-refractivity contribution in [2.45, 2.75) is 46.7 Å². The second kappa shape index (κ2) is 12.0. The van der Waals surface area contributed by atoms with E-state index in [1.54, 1.807) is 5.38 Å². The molecule has 1 aromatic carbocycles. The van der Waals surface area contributed by atoms with E-state index in [-0.39, 0.29) is 39.0 Å². The standard InChI is InChI=1S/C22H30ClN5O4S/c1-12(2)28(13(3)4)8-7-24-21(31)18-11-33-22(26-18)27-20(30)15-9-16(23)17(25-14(5)29)10-19(15)32-6/h9-13H,7-8H2,1-6H3,(H,24,31)(H,25,29)(H,26,27,30). The van der Waals surface area contributed by atoms with Crippen molar-refractivity contribution in [3.8, 4) is 5.75 Å². The van der Waals surface area contributed by atoms with Crippen molar-refractivity contribution in [2.24, 2.45) is 0 Å². The van der Waals surface area contributed by atoms with Crippen LogP contribution in [0.15, 0.2) is 17.5 Å². The first-order chi connectivity index (χ1) is 15.5. The minimum absolute atomic E-state index is 0.167. The average Bonchev–Trinajstić information content (AvgIpc) is 3.19. The highest BCUT2D eigenvalue weighted by molar-refractivity contribution is 7.14. The summed E-state index contributed by atoms with van der Waals surface area (Å²) in [5.74, 6) is -0.880. The van der Waals surface area contributed by atoms with Gasteiger partial charge in [0.2, 0.25) is 5.91 Å². The van der Waals surface area contributed by atoms with Crippen LogP contribution >= 0.6 is 22.9 Å². The number of anilines is 2. The van der Waals surface area contributed by atoms with Crippen LogP contribution in [0.25, 0.3) is 0 Å². The number of nitrogens with one attached hydrogen (secondary N) is 3. The van der Waals surface area contributed by atoms with Gasteiger partial charge in [0.25, 0.3) is 11.8 Å². The number of halogens is 1. The van der Waals surface area contributed by atoms with E-state index in [1.165, 1.54) is 26.2 Å². The molecule has 0 radical (unpaired) electrons. The molecule has 9 nitrogen and oxygen atoms in total. The molecule has 180 valence electrons. The summed E-state index contributed by atoms with van der Waals surface area (Å²) in [7, 11) is 1.41. The number of nitrogens with zero attached hydrogens (tertiary/aromatic N) is 2. The SMILES string of the molecule is COc1cc(NC(C)=O)c(Cl)cc1C(=O)Nc1nc(C(=O)NCCN(C(C)C)C(C)C)cs1. The van der Waals surface area contributed by atoms with Crippen LogP contribution in [0.2, 0.25) is 5.02 Å². The zero-order valence-electron chi connectivity index (χ0n) is 19.6. The number of hydrogen-bond acceptors (Lipinski definition) is 7. The Kier molecular flexibility index (Phi) is 9.63. The lowest BCUT2D eigenvalue weighted by atomic mass is 10.1. The van der Waals surface area contributed by atoms with Gasteiger partial charge in [-0.05, 0) is 33.8 Å². The molecular weight excluding hydrogens is 466 g/mol. The Balaban J connectivity index is 2.03. The highest BCUT2D eigenvalue weighted by Gasteiger charge is 2.19. The topological polar surface area (TPSA) is 113 Å². The lowest BCUT2D eigenvalue weighted by molar-refractivity contribution is -0.114. The number of benzene rings is 1. The summed E-state index contributed by atoms with van der Waals surface area (Å²) in [6.07, 6.45) is 0. The second-order valence-corrected chi connectivity index (χ2v) is 9.15. The first kappa shape index (κ1) is 26.6. The van der Waals surface area contributed by atoms with Gasteiger partial charge < -0.3 is 15.4 Å². The van der Waals surface area contributed by atoms with Crippen LogP contribution in [0.5, 0.6) is 5.75 Å². The maximum atomic E-state index is 12.8. The van der Waals surface area contributed by atoms with E-state index in [2.05, 4.69) is 53.5 Å². The summed E-state index contributed by atoms with van der Waals surface area (Å²) in [6, 6.07) is 3.62. The quantitative estimate of drug-likeness (QED) is 0.461. The number of thiazole rings is 1. The third kappa shape index (κ3) is 7.41. The van der Waals surface area contributed by atoms with Crippen LogP contribution in [0.3, 0.4) is 0 Å². The lowest BCUT2D eigenvalue weighted by Crippen LogP contribution is -2.42. The number of carbonyl (C=O) groups excluding carboxylic acids is 3. The minimum Gasteiger partial charge on any atom is -0.496 e. The monoisotopic (exact) mass is 495 g/mol. The Morgan fingerprint density at radius 1 is 1.12 bits per heavy atom. The summed E-state index contributed by atoms with van der Waals surface area (Å²) in [5.41, 5.74) is 0.724. The molecule has 0 atom stereocenters. The normalized spacial score (nSPS) is 11.1. The Morgan fingerprint density at radius 3 is 2.36 bits per heavy atom. The van der Waals surface area contributed by atoms with Crippen LogP contribution < -0.4 is 20.7 Å². The van der Waals surface area contributed by atoms with Gasteiger partial charge in [-0.1, -0.05) is 11.6 Å². The summed E-state index contributed by atoms with van der Waals surface area (Å²) >= 11 is 7.32. The highest BCUT2D eigenvalue weighted by Crippen LogP contribution is 2.31. The molecule has 0 aliphatic rings. The van der Waals surface area contributed by atoms with E-state index in [4.69, 9.17) is 16.3 Å². The van der Waals surface area contributed by atoms with Gasteiger partial charge >= 0.3 is 0 Å². The van der Waals surface area contributed by atoms with Crippen LogP contribution in [0.1, 0.15) is 55.5 Å². The van der Waals surface area contributed by atoms with Crippen molar-refractivity contribution in [2.75, 3.05) is 30.8 Å². The van der Waals surface area contributed by atoms with Gasteiger partial charge in [0.05, 0.1) is 23.4 Å². The highest BCUT2D eigenvalue weighted by atomic mass is 35.5. The van der Waals surface area contributed by atoms with Crippen molar-refractivity contribution in [1.29, 1.82) is 0 Å². The fraction of sp³-hybridized carbons (Fsp3) is 0.455. The van der Waals surface area contributed by atoms with Crippen molar-refractivity contribution < 1.29 is 19.1 Å². The molecular formula is C22H30ClN5O4S. The molecule has 3 amide bonds. The number of amides is 3. The fourth-order valence-electron chi connectivity index (χ4n) is 3.29. The average molecular weight is 496 g/mol. The van der Waals surface area contributed by atoms with E-state index in [0.717, 1.165) is 17.9 Å². The summed E-state index contributed by atoms with van der Waals surface area (Å²) in [6.45, 7) is 11.0. The maximum Gasteiger partial charge on any atom is 0.270 e. The molecule has 11 heteroatoms. The number of aromatic nitrogens is 1. The Morgan fingerprint density at radius 2 is 1.79 bits per heavy atom. The molecule has 3 N–H and O–H groups in total. The minimum atomic E-state index is -0.506. The number of rotatable bonds is 10. The molecule has 0 bridgehead atoms. The number of hydrogen-bond donors (Lipinski definition) is 3. The summed E-state index contributed by atoms with van der Waals surface area (Å²) in [5, 5.41) is 10.1. The molecule has 1 heterocycles. The zero-order chi connectivity index (χ0) is 24.7. The van der Waals surface area contributed by atoms with Crippen molar-refractivity contribution in [3.63, 3.8) is 0 Å². The number of carbonyl (C=O) groups is 3. The largest absolute Gasteiger partial charge is 0.496 e. The Labute approximate surface area is 202 Å². The van der Waals surface area contributed by atoms with Crippen LogP contribution in [0.4, 0.5) is 10.8 Å². The molecule has 33 heavy (non-hydrogen) atoms. The van der Waals surface area contributed by atoms with E-state index < -0.39 is 5.91 Å². The number of ether oxygens (including phenoxy) is 1. The molecule has 0 fully saturated rings. The van der Waals surface area contributed by atoms with Gasteiger partial charge in [0, 0.05) is 43.5 Å². The molecule has 0 unspecified atom stereocenters. The van der Waals surface area contributed by atoms with Gasteiger partial charge in [-0.25, -0.2) is 4.98 Å². The summed E-state index contributed by atoms with van der Waals surface area (Å²) in [4.78, 5) is 43.0. The molecule has 0 saturated heterocycles. The van der Waals surface area contributed by atoms with E-state index in [9.17, 15) is 14.4 Å². The van der Waals surface area contributed by atoms with Gasteiger partial charge in [0.15, 0.2) is 5.13 Å². The Bertz CT molecular complexity index is 1000. The van der Waals surface area contributed by atoms with Crippen molar-refractivity contribution in [3.05, 3.63) is 33.8 Å². The van der Waals surface area contributed by atoms with E-state index in [0.29, 0.717) is 24.3 Å². The van der Waals surface area contributed by atoms with E-state index >= 15 is 0 Å². The lowest BCUT2D eigenvalue weighted by Gasteiger charge is -2.30. The van der Waals surface area contributed by atoms with Gasteiger partial charge in [-0.15, -0.1) is 11.3 Å². The van der Waals surface area contributed by atoms with Crippen LogP contribution in [-0.4, -0.2) is 59.9 Å². The second-order valence-electron chi connectivity index (χ2n) is 7.89. The number of methoxy groups -OCH3 is 1. The molecule has 0 saturated carbocycles. The summed E-state index contributed by atoms with van der Waals surface area (Å²) < 4.78 is 5.27. The molecule has 2 rings (SSSR count). The third-order valence-corrected chi connectivity index (χ3v) is 5.85. The zero-order valence-corrected chi connectivity index (χ0v) is 21.2. The van der Waals surface area contributed by atoms with Gasteiger partial charge in [-0.2, -0.15) is 0 Å². The third-order valence-electron chi connectivity index (χ3n) is 4.78. The first-order valence-corrected chi connectivity index (χ1v) is 11.7. The van der Waals surface area contributed by atoms with Gasteiger partial charge in [0.1, 0.15) is 11.4 Å². The molecule has 0 spiro atoms. The van der Waals surface area contributed by atoms with Crippen LogP contribution in [-0.2, 0) is 4.79 Å². The Hall–Kier alpha value is -2.69. The fourth-order valence-corrected chi connectivity index (χ4v) is 4.18. The predicted octanol–water partition coefficient (Wildman–Crippen LogP) is 3.86. The maximum absolute atomic E-state index is 12.8. The van der Waals surface area contributed by atoms with Crippen LogP contribution in [0, 0.1) is 0 Å². The predicted molar refractivity (Wildman–Crippen MR) is 132 cm³/mol. The first-order valence-electron chi connectivity index (χ1n) is 10.5. The van der Waals surface area contributed by atoms with E-state index in [1.807, 2.05) is 0 Å². The van der Waals surface area contributed by atoms with Crippen molar-refractivity contribution in [1.82, 2.24) is 15.2 Å². The molecule has 1 aromatic heterocycles. The van der Waals surface area contributed by atoms with Crippen molar-refractivity contribution >= 4 is 51.5 Å². The molecule has 0 aliphatic heterocycles. The van der Waals surface area contributed by atoms with Gasteiger partial charge in [-0.3, -0.25) is 24.6 Å². The molecule has 2 aromatic rings. The smallest absolute Gasteiger partial charge is 0.270 e. The molecule has 0 aliphatic carbocycles.